The number of nitrogens with zero attached hydrogens (tertiary/aromatic N) is 1. The summed E-state index contributed by atoms with van der Waals surface area (Å²) in [5.74, 6) is -0.590. The predicted octanol–water partition coefficient (Wildman–Crippen LogP) is 4.67. The van der Waals surface area contributed by atoms with Gasteiger partial charge in [-0.25, -0.2) is 0 Å². The van der Waals surface area contributed by atoms with Crippen molar-refractivity contribution < 1.29 is 19.4 Å². The summed E-state index contributed by atoms with van der Waals surface area (Å²) < 4.78 is 5.76. The van der Waals surface area contributed by atoms with Gasteiger partial charge in [-0.1, -0.05) is 60.7 Å². The normalized spacial score (nSPS) is 21.2. The number of ketones is 1. The van der Waals surface area contributed by atoms with E-state index in [9.17, 15) is 14.7 Å². The molecule has 2 aliphatic heterocycles. The molecule has 0 aromatic heterocycles. The Balaban J connectivity index is 1.56. The van der Waals surface area contributed by atoms with Crippen molar-refractivity contribution in [1.29, 1.82) is 0 Å². The smallest absolute Gasteiger partial charge is 0.295 e. The first-order valence-corrected chi connectivity index (χ1v) is 11.2. The van der Waals surface area contributed by atoms with Crippen LogP contribution in [0.15, 0.2) is 84.4 Å². The minimum Gasteiger partial charge on any atom is -0.507 e. The van der Waals surface area contributed by atoms with Crippen LogP contribution < -0.4 is 4.74 Å². The minimum absolute atomic E-state index is 0.0743. The van der Waals surface area contributed by atoms with E-state index in [4.69, 9.17) is 4.74 Å². The molecule has 1 N–H and O–H groups in total. The van der Waals surface area contributed by atoms with Gasteiger partial charge in [0.2, 0.25) is 0 Å². The van der Waals surface area contributed by atoms with Crippen LogP contribution in [0.3, 0.4) is 0 Å². The lowest BCUT2D eigenvalue weighted by atomic mass is 9.94. The molecule has 3 aromatic rings. The number of aliphatic hydroxyl groups is 1. The Morgan fingerprint density at radius 1 is 1.00 bits per heavy atom. The number of amides is 1. The Labute approximate surface area is 192 Å². The maximum Gasteiger partial charge on any atom is 0.295 e. The largest absolute Gasteiger partial charge is 0.507 e. The molecule has 2 atom stereocenters. The van der Waals surface area contributed by atoms with Crippen molar-refractivity contribution in [3.8, 4) is 5.75 Å². The fraction of sp³-hybridized carbons (Fsp3) is 0.214. The number of benzene rings is 3. The number of fused-ring (bicyclic) bond motifs is 1. The number of carbonyl (C=O) groups excluding carboxylic acids is 2. The van der Waals surface area contributed by atoms with Gasteiger partial charge in [0, 0.05) is 18.5 Å². The summed E-state index contributed by atoms with van der Waals surface area (Å²) in [7, 11) is 0. The molecule has 0 radical (unpaired) electrons. The van der Waals surface area contributed by atoms with E-state index in [1.807, 2.05) is 79.7 Å². The van der Waals surface area contributed by atoms with Crippen LogP contribution in [0.5, 0.6) is 5.75 Å². The molecule has 2 heterocycles. The molecule has 0 spiro atoms. The number of Topliss-reactive ketones (excluding diaryl/α,β-unsaturated/α-hetero) is 1. The van der Waals surface area contributed by atoms with Gasteiger partial charge in [0.15, 0.2) is 0 Å². The molecule has 0 bridgehead atoms. The number of hydrogen-bond acceptors (Lipinski definition) is 4. The highest BCUT2D eigenvalue weighted by atomic mass is 16.5. The third-order valence-corrected chi connectivity index (χ3v) is 6.31. The SMILES string of the molecule is C[C@H]1Cc2cc(C(O)=C3C(=O)C(=O)N(CCc4ccccc4)[C@@H]3c3ccccc3)ccc2O1. The average molecular weight is 440 g/mol. The lowest BCUT2D eigenvalue weighted by molar-refractivity contribution is -0.139. The second-order valence-corrected chi connectivity index (χ2v) is 8.59. The Bertz CT molecular complexity index is 1230. The second-order valence-electron chi connectivity index (χ2n) is 8.59. The van der Waals surface area contributed by atoms with Crippen molar-refractivity contribution >= 4 is 17.4 Å². The summed E-state index contributed by atoms with van der Waals surface area (Å²) in [5, 5.41) is 11.3. The highest BCUT2D eigenvalue weighted by Gasteiger charge is 2.45. The van der Waals surface area contributed by atoms with Gasteiger partial charge in [0.25, 0.3) is 11.7 Å². The molecule has 0 aliphatic carbocycles. The molecular weight excluding hydrogens is 414 g/mol. The van der Waals surface area contributed by atoms with E-state index in [0.717, 1.165) is 28.9 Å². The van der Waals surface area contributed by atoms with Gasteiger partial charge in [0.1, 0.15) is 17.6 Å². The Morgan fingerprint density at radius 3 is 2.42 bits per heavy atom. The molecule has 0 unspecified atom stereocenters. The Kier molecular flexibility index (Phi) is 5.47. The van der Waals surface area contributed by atoms with Crippen LogP contribution in [-0.4, -0.2) is 34.3 Å². The molecular formula is C28H25NO4. The quantitative estimate of drug-likeness (QED) is 0.356. The third kappa shape index (κ3) is 3.91. The molecule has 1 saturated heterocycles. The molecule has 5 nitrogen and oxygen atoms in total. The maximum atomic E-state index is 13.2. The zero-order valence-corrected chi connectivity index (χ0v) is 18.4. The van der Waals surface area contributed by atoms with E-state index < -0.39 is 17.7 Å². The summed E-state index contributed by atoms with van der Waals surface area (Å²) in [4.78, 5) is 27.9. The van der Waals surface area contributed by atoms with Gasteiger partial charge in [-0.3, -0.25) is 9.59 Å². The Morgan fingerprint density at radius 2 is 1.70 bits per heavy atom. The number of aliphatic hydroxyl groups excluding tert-OH is 1. The molecule has 5 heteroatoms. The lowest BCUT2D eigenvalue weighted by Crippen LogP contribution is -2.31. The van der Waals surface area contributed by atoms with Gasteiger partial charge >= 0.3 is 0 Å². The molecule has 2 aliphatic rings. The van der Waals surface area contributed by atoms with Crippen LogP contribution in [0, 0.1) is 0 Å². The predicted molar refractivity (Wildman–Crippen MR) is 126 cm³/mol. The van der Waals surface area contributed by atoms with E-state index >= 15 is 0 Å². The van der Waals surface area contributed by atoms with Crippen molar-refractivity contribution in [2.45, 2.75) is 31.9 Å². The second kappa shape index (κ2) is 8.58. The molecule has 0 saturated carbocycles. The summed E-state index contributed by atoms with van der Waals surface area (Å²) in [6, 6.07) is 24.0. The summed E-state index contributed by atoms with van der Waals surface area (Å²) in [6.45, 7) is 2.37. The maximum absolute atomic E-state index is 13.2. The first-order valence-electron chi connectivity index (χ1n) is 11.2. The summed E-state index contributed by atoms with van der Waals surface area (Å²) in [6.07, 6.45) is 1.43. The zero-order valence-electron chi connectivity index (χ0n) is 18.4. The minimum atomic E-state index is -0.653. The van der Waals surface area contributed by atoms with E-state index in [0.29, 0.717) is 18.5 Å². The average Bonchev–Trinajstić information content (AvgIpc) is 3.34. The molecule has 5 rings (SSSR count). The Hall–Kier alpha value is -3.86. The van der Waals surface area contributed by atoms with Gasteiger partial charge in [0.05, 0.1) is 11.6 Å². The van der Waals surface area contributed by atoms with Crippen LogP contribution in [0.4, 0.5) is 0 Å². The van der Waals surface area contributed by atoms with Crippen LogP contribution in [0.25, 0.3) is 5.76 Å². The topological polar surface area (TPSA) is 66.8 Å². The summed E-state index contributed by atoms with van der Waals surface area (Å²) >= 11 is 0. The van der Waals surface area contributed by atoms with Crippen LogP contribution in [0.2, 0.25) is 0 Å². The fourth-order valence-electron chi connectivity index (χ4n) is 4.71. The molecule has 166 valence electrons. The number of likely N-dealkylation sites (tertiary alicyclic amines) is 1. The molecule has 1 fully saturated rings. The van der Waals surface area contributed by atoms with E-state index in [1.54, 1.807) is 11.0 Å². The van der Waals surface area contributed by atoms with Gasteiger partial charge in [-0.15, -0.1) is 0 Å². The highest BCUT2D eigenvalue weighted by molar-refractivity contribution is 6.46. The van der Waals surface area contributed by atoms with Crippen LogP contribution in [-0.2, 0) is 22.4 Å². The molecule has 3 aromatic carbocycles. The zero-order chi connectivity index (χ0) is 22.9. The molecule has 33 heavy (non-hydrogen) atoms. The lowest BCUT2D eigenvalue weighted by Gasteiger charge is -2.25. The monoisotopic (exact) mass is 439 g/mol. The van der Waals surface area contributed by atoms with Gasteiger partial charge in [-0.2, -0.15) is 0 Å². The third-order valence-electron chi connectivity index (χ3n) is 6.31. The van der Waals surface area contributed by atoms with E-state index in [1.165, 1.54) is 0 Å². The van der Waals surface area contributed by atoms with E-state index in [2.05, 4.69) is 0 Å². The van der Waals surface area contributed by atoms with E-state index in [-0.39, 0.29) is 17.4 Å². The van der Waals surface area contributed by atoms with Gasteiger partial charge < -0.3 is 14.7 Å². The highest BCUT2D eigenvalue weighted by Crippen LogP contribution is 2.40. The molecule has 1 amide bonds. The number of ether oxygens (including phenoxy) is 1. The van der Waals surface area contributed by atoms with Crippen LogP contribution >= 0.6 is 0 Å². The van der Waals surface area contributed by atoms with Crippen molar-refractivity contribution in [2.75, 3.05) is 6.54 Å². The summed E-state index contributed by atoms with van der Waals surface area (Å²) in [5.41, 5.74) is 3.52. The number of hydrogen-bond donors (Lipinski definition) is 1. The first kappa shape index (κ1) is 21.0. The number of rotatable bonds is 5. The fourth-order valence-corrected chi connectivity index (χ4v) is 4.71. The van der Waals surface area contributed by atoms with Crippen molar-refractivity contribution in [2.24, 2.45) is 0 Å². The standard InChI is InChI=1S/C28H25NO4/c1-18-16-22-17-21(12-13-23(22)33-18)26(30)24-25(20-10-6-3-7-11-20)29(28(32)27(24)31)15-14-19-8-4-2-5-9-19/h2-13,17-18,25,30H,14-16H2,1H3/t18-,25+/m0/s1. The van der Waals surface area contributed by atoms with Gasteiger partial charge in [-0.05, 0) is 48.2 Å². The van der Waals surface area contributed by atoms with Crippen molar-refractivity contribution in [3.63, 3.8) is 0 Å². The van der Waals surface area contributed by atoms with Crippen LogP contribution in [0.1, 0.15) is 35.2 Å². The van der Waals surface area contributed by atoms with Crippen molar-refractivity contribution in [3.05, 3.63) is 107 Å². The van der Waals surface area contributed by atoms with Crippen molar-refractivity contribution in [1.82, 2.24) is 4.90 Å². The number of carbonyl (C=O) groups is 2. The first-order chi connectivity index (χ1) is 16.0.